The minimum absolute atomic E-state index is 0.332. The van der Waals surface area contributed by atoms with Crippen molar-refractivity contribution in [1.29, 1.82) is 0 Å². The molecule has 0 heterocycles. The van der Waals surface area contributed by atoms with Gasteiger partial charge in [0.2, 0.25) is 0 Å². The van der Waals surface area contributed by atoms with Crippen LogP contribution in [0.4, 0.5) is 0 Å². The van der Waals surface area contributed by atoms with Gasteiger partial charge in [0.1, 0.15) is 5.60 Å². The molecule has 0 aromatic rings. The van der Waals surface area contributed by atoms with Crippen molar-refractivity contribution in [2.45, 2.75) is 32.8 Å². The van der Waals surface area contributed by atoms with Crippen molar-refractivity contribution in [2.75, 3.05) is 0 Å². The molecule has 0 aromatic carbocycles. The van der Waals surface area contributed by atoms with Crippen LogP contribution in [-0.4, -0.2) is 15.4 Å². The van der Waals surface area contributed by atoms with Gasteiger partial charge in [0.25, 0.3) is 0 Å². The Morgan fingerprint density at radius 3 is 2.27 bits per heavy atom. The van der Waals surface area contributed by atoms with Gasteiger partial charge in [-0.2, -0.15) is 0 Å². The largest absolute Gasteiger partial charge is 0.470 e. The first-order valence-corrected chi connectivity index (χ1v) is 6.05. The minimum Gasteiger partial charge on any atom is -0.303 e. The molecule has 0 bridgehead atoms. The van der Waals surface area contributed by atoms with Crippen LogP contribution in [0.3, 0.4) is 0 Å². The van der Waals surface area contributed by atoms with Crippen LogP contribution in [0.2, 0.25) is 0 Å². The van der Waals surface area contributed by atoms with Crippen LogP contribution in [0.1, 0.15) is 27.2 Å². The summed E-state index contributed by atoms with van der Waals surface area (Å²) < 4.78 is 15.7. The van der Waals surface area contributed by atoms with Gasteiger partial charge < -0.3 is 9.79 Å². The summed E-state index contributed by atoms with van der Waals surface area (Å²) in [4.78, 5) is 17.7. The van der Waals surface area contributed by atoms with Crippen LogP contribution in [0, 0.1) is 17.8 Å². The maximum absolute atomic E-state index is 10.9. The van der Waals surface area contributed by atoms with Crippen molar-refractivity contribution in [3.63, 3.8) is 0 Å². The van der Waals surface area contributed by atoms with Gasteiger partial charge in [0.05, 0.1) is 5.41 Å². The maximum Gasteiger partial charge on any atom is 0.470 e. The summed E-state index contributed by atoms with van der Waals surface area (Å²) in [6.07, 6.45) is 7.02. The molecule has 0 saturated carbocycles. The Bertz CT molecular complexity index is 323. The van der Waals surface area contributed by atoms with Crippen LogP contribution in [0.15, 0.2) is 12.7 Å². The first kappa shape index (κ1) is 14.4. The highest BCUT2D eigenvalue weighted by Gasteiger charge is 2.45. The topological polar surface area (TPSA) is 66.8 Å². The van der Waals surface area contributed by atoms with Crippen molar-refractivity contribution < 1.29 is 18.9 Å². The van der Waals surface area contributed by atoms with E-state index in [2.05, 4.69) is 12.5 Å². The van der Waals surface area contributed by atoms with Crippen LogP contribution < -0.4 is 0 Å². The summed E-state index contributed by atoms with van der Waals surface area (Å²) in [6, 6.07) is 0. The summed E-state index contributed by atoms with van der Waals surface area (Å²) in [5.41, 5.74) is -2.06. The Balaban J connectivity index is 5.36. The fourth-order valence-electron chi connectivity index (χ4n) is 1.39. The molecule has 0 aromatic heterocycles. The van der Waals surface area contributed by atoms with Crippen molar-refractivity contribution in [3.8, 4) is 12.3 Å². The molecular formula is C10H17O4P. The molecule has 1 unspecified atom stereocenters. The number of hydrogen-bond donors (Lipinski definition) is 2. The van der Waals surface area contributed by atoms with Gasteiger partial charge in [0, 0.05) is 0 Å². The number of hydrogen-bond acceptors (Lipinski definition) is 2. The average Bonchev–Trinajstić information content (AvgIpc) is 2.12. The van der Waals surface area contributed by atoms with E-state index in [-0.39, 0.29) is 0 Å². The van der Waals surface area contributed by atoms with Gasteiger partial charge in [-0.25, -0.2) is 4.57 Å². The van der Waals surface area contributed by atoms with E-state index in [1.54, 1.807) is 20.8 Å². The van der Waals surface area contributed by atoms with Gasteiger partial charge in [0.15, 0.2) is 0 Å². The van der Waals surface area contributed by atoms with E-state index in [4.69, 9.17) is 20.7 Å². The van der Waals surface area contributed by atoms with Gasteiger partial charge in [-0.1, -0.05) is 18.9 Å². The molecule has 0 amide bonds. The molecule has 0 rings (SSSR count). The van der Waals surface area contributed by atoms with E-state index in [0.29, 0.717) is 6.42 Å². The zero-order valence-corrected chi connectivity index (χ0v) is 10.1. The second-order valence-electron chi connectivity index (χ2n) is 3.80. The molecule has 0 fully saturated rings. The number of rotatable bonds is 5. The summed E-state index contributed by atoms with van der Waals surface area (Å²) in [7, 11) is -4.60. The fourth-order valence-corrected chi connectivity index (χ4v) is 2.25. The van der Waals surface area contributed by atoms with Gasteiger partial charge in [-0.3, -0.25) is 4.52 Å². The SMILES string of the molecule is C#CC(C)(C)C(C=C)(CC)OP(=O)(O)O. The van der Waals surface area contributed by atoms with Gasteiger partial charge >= 0.3 is 7.82 Å². The van der Waals surface area contributed by atoms with Gasteiger partial charge in [-0.15, -0.1) is 13.0 Å². The fraction of sp³-hybridized carbons (Fsp3) is 0.600. The first-order valence-electron chi connectivity index (χ1n) is 4.52. The highest BCUT2D eigenvalue weighted by Crippen LogP contribution is 2.49. The highest BCUT2D eigenvalue weighted by atomic mass is 31.2. The summed E-state index contributed by atoms with van der Waals surface area (Å²) in [5.74, 6) is 2.47. The van der Waals surface area contributed by atoms with Crippen LogP contribution >= 0.6 is 7.82 Å². The molecule has 2 N–H and O–H groups in total. The van der Waals surface area contributed by atoms with Crippen molar-refractivity contribution in [1.82, 2.24) is 0 Å². The average molecular weight is 232 g/mol. The number of phosphoric acid groups is 1. The summed E-state index contributed by atoms with van der Waals surface area (Å²) in [6.45, 7) is 8.62. The molecule has 0 aliphatic carbocycles. The lowest BCUT2D eigenvalue weighted by molar-refractivity contribution is 0.00377. The van der Waals surface area contributed by atoms with E-state index < -0.39 is 18.8 Å². The van der Waals surface area contributed by atoms with E-state index in [9.17, 15) is 4.57 Å². The van der Waals surface area contributed by atoms with Crippen molar-refractivity contribution in [3.05, 3.63) is 12.7 Å². The molecule has 5 heteroatoms. The number of terminal acetylenes is 1. The molecule has 15 heavy (non-hydrogen) atoms. The molecule has 86 valence electrons. The Morgan fingerprint density at radius 2 is 2.07 bits per heavy atom. The Labute approximate surface area is 90.6 Å². The number of phosphoric ester groups is 1. The normalized spacial score (nSPS) is 16.5. The minimum atomic E-state index is -4.60. The lowest BCUT2D eigenvalue weighted by Gasteiger charge is -2.40. The van der Waals surface area contributed by atoms with Crippen molar-refractivity contribution in [2.24, 2.45) is 5.41 Å². The molecule has 0 saturated heterocycles. The highest BCUT2D eigenvalue weighted by molar-refractivity contribution is 7.46. The third-order valence-corrected chi connectivity index (χ3v) is 3.12. The van der Waals surface area contributed by atoms with E-state index in [1.165, 1.54) is 6.08 Å². The predicted octanol–water partition coefficient (Wildman–Crippen LogP) is 2.09. The quantitative estimate of drug-likeness (QED) is 0.432. The van der Waals surface area contributed by atoms with Crippen LogP contribution in [-0.2, 0) is 9.09 Å². The van der Waals surface area contributed by atoms with E-state index in [1.807, 2.05) is 0 Å². The zero-order chi connectivity index (χ0) is 12.3. The molecule has 0 spiro atoms. The second kappa shape index (κ2) is 4.51. The lowest BCUT2D eigenvalue weighted by Crippen LogP contribution is -2.43. The zero-order valence-electron chi connectivity index (χ0n) is 9.23. The predicted molar refractivity (Wildman–Crippen MR) is 59.0 cm³/mol. The summed E-state index contributed by atoms with van der Waals surface area (Å²) >= 11 is 0. The smallest absolute Gasteiger partial charge is 0.303 e. The molecular weight excluding hydrogens is 215 g/mol. The Kier molecular flexibility index (Phi) is 4.33. The monoisotopic (exact) mass is 232 g/mol. The lowest BCUT2D eigenvalue weighted by atomic mass is 9.74. The summed E-state index contributed by atoms with van der Waals surface area (Å²) in [5, 5.41) is 0. The Morgan fingerprint density at radius 1 is 1.60 bits per heavy atom. The first-order chi connectivity index (χ1) is 6.64. The van der Waals surface area contributed by atoms with Gasteiger partial charge in [-0.05, 0) is 20.3 Å². The Hall–Kier alpha value is -0.590. The third kappa shape index (κ3) is 3.19. The third-order valence-electron chi connectivity index (χ3n) is 2.56. The molecule has 0 aliphatic heterocycles. The van der Waals surface area contributed by atoms with E-state index in [0.717, 1.165) is 0 Å². The van der Waals surface area contributed by atoms with Crippen LogP contribution in [0.5, 0.6) is 0 Å². The molecule has 0 aliphatic rings. The second-order valence-corrected chi connectivity index (χ2v) is 4.96. The maximum atomic E-state index is 10.9. The van der Waals surface area contributed by atoms with Crippen molar-refractivity contribution >= 4 is 7.82 Å². The molecule has 1 atom stereocenters. The standard InChI is InChI=1S/C10H17O4P/c1-6-9(4,5)10(7-2,8-3)14-15(11,12)13/h1,7H,2,8H2,3-5H3,(H2,11,12,13). The van der Waals surface area contributed by atoms with E-state index >= 15 is 0 Å². The van der Waals surface area contributed by atoms with Crippen LogP contribution in [0.25, 0.3) is 0 Å². The molecule has 4 nitrogen and oxygen atoms in total. The molecule has 0 radical (unpaired) electrons.